The van der Waals surface area contributed by atoms with Crippen LogP contribution in [0.2, 0.25) is 0 Å². The van der Waals surface area contributed by atoms with Crippen LogP contribution in [0.5, 0.6) is 0 Å². The van der Waals surface area contributed by atoms with E-state index >= 15 is 0 Å². The van der Waals surface area contributed by atoms with E-state index in [9.17, 15) is 38.7 Å². The Hall–Kier alpha value is -6.53. The van der Waals surface area contributed by atoms with Crippen molar-refractivity contribution in [1.82, 2.24) is 9.80 Å². The lowest BCUT2D eigenvalue weighted by Gasteiger charge is -2.44. The van der Waals surface area contributed by atoms with Gasteiger partial charge in [0, 0.05) is 23.6 Å². The van der Waals surface area contributed by atoms with Gasteiger partial charge in [-0.1, -0.05) is 54.6 Å². The number of carbonyl (C=O) groups is 7. The van der Waals surface area contributed by atoms with Crippen molar-refractivity contribution in [2.75, 3.05) is 32.7 Å². The van der Waals surface area contributed by atoms with Gasteiger partial charge < -0.3 is 38.4 Å². The first kappa shape index (κ1) is 40.7. The highest BCUT2D eigenvalue weighted by Crippen LogP contribution is 2.47. The number of fused-ring (bicyclic) bond motifs is 1. The van der Waals surface area contributed by atoms with Gasteiger partial charge in [-0.2, -0.15) is 4.99 Å². The minimum absolute atomic E-state index is 0.0257. The predicted octanol–water partition coefficient (Wildman–Crippen LogP) is 4.13. The van der Waals surface area contributed by atoms with Crippen LogP contribution >= 0.6 is 11.8 Å². The maximum absolute atomic E-state index is 13.3. The van der Waals surface area contributed by atoms with Crippen LogP contribution in [0, 0.1) is 5.92 Å². The van der Waals surface area contributed by atoms with Crippen molar-refractivity contribution in [3.63, 3.8) is 0 Å². The Morgan fingerprint density at radius 3 is 1.71 bits per heavy atom. The van der Waals surface area contributed by atoms with E-state index in [4.69, 9.17) is 28.4 Å². The van der Waals surface area contributed by atoms with Gasteiger partial charge in [-0.15, -0.1) is 11.8 Å². The number of benzene rings is 3. The number of carbonyl (C=O) groups excluding carboxylic acids is 7. The van der Waals surface area contributed by atoms with Gasteiger partial charge in [0.05, 0.1) is 34.8 Å². The summed E-state index contributed by atoms with van der Waals surface area (Å²) >= 11 is 1.07. The second-order valence-corrected chi connectivity index (χ2v) is 13.0. The van der Waals surface area contributed by atoms with Gasteiger partial charge in [0.25, 0.3) is 0 Å². The van der Waals surface area contributed by atoms with Gasteiger partial charge in [0.15, 0.2) is 0 Å². The molecule has 0 radical (unpaired) electrons. The number of amides is 3. The summed E-state index contributed by atoms with van der Waals surface area (Å²) in [6.07, 6.45) is -2.36. The molecule has 56 heavy (non-hydrogen) atoms. The minimum Gasteiger partial charge on any atom is -0.424 e. The topological polar surface area (TPSA) is 214 Å². The molecule has 17 nitrogen and oxygen atoms in total. The number of hydrogen-bond acceptors (Lipinski definition) is 15. The van der Waals surface area contributed by atoms with E-state index in [1.54, 1.807) is 54.6 Å². The van der Waals surface area contributed by atoms with Gasteiger partial charge in [-0.3, -0.25) is 9.69 Å². The maximum Gasteiger partial charge on any atom is 0.437 e. The number of aliphatic hydroxyl groups is 1. The SMILES string of the molecule is CC(O)C1C(=O)N2C(C(=O)OCOC(=O)c3ccccc3)=C(SCCN(/C=N/C(=O)OCOC(=O)c3ccccc3)C(=O)OCOC(=O)c3ccccc3)CC12. The van der Waals surface area contributed by atoms with Crippen molar-refractivity contribution in [2.24, 2.45) is 10.9 Å². The quantitative estimate of drug-likeness (QED) is 0.0539. The summed E-state index contributed by atoms with van der Waals surface area (Å²) in [4.78, 5) is 94.4. The smallest absolute Gasteiger partial charge is 0.424 e. The number of esters is 4. The first-order valence-corrected chi connectivity index (χ1v) is 17.9. The number of ether oxygens (including phenoxy) is 6. The fourth-order valence-corrected chi connectivity index (χ4v) is 6.64. The number of aliphatic imine (C=N–C) groups is 1. The fraction of sp³-hybridized carbons (Fsp3) is 0.263. The van der Waals surface area contributed by atoms with E-state index in [1.807, 2.05) is 0 Å². The van der Waals surface area contributed by atoms with Crippen LogP contribution in [-0.4, -0.2) is 108 Å². The number of thioether (sulfide) groups is 1. The highest BCUT2D eigenvalue weighted by atomic mass is 32.2. The van der Waals surface area contributed by atoms with Gasteiger partial charge in [-0.05, 0) is 43.3 Å². The molecule has 292 valence electrons. The van der Waals surface area contributed by atoms with E-state index < -0.39 is 80.4 Å². The Kier molecular flexibility index (Phi) is 14.3. The zero-order valence-corrected chi connectivity index (χ0v) is 30.5. The Morgan fingerprint density at radius 1 is 0.750 bits per heavy atom. The monoisotopic (exact) mass is 789 g/mol. The van der Waals surface area contributed by atoms with Crippen LogP contribution in [0.15, 0.2) is 107 Å². The molecule has 18 heteroatoms. The van der Waals surface area contributed by atoms with E-state index in [0.717, 1.165) is 23.0 Å². The van der Waals surface area contributed by atoms with E-state index in [0.29, 0.717) is 4.91 Å². The lowest BCUT2D eigenvalue weighted by atomic mass is 9.83. The van der Waals surface area contributed by atoms with Gasteiger partial charge in [0.2, 0.25) is 26.3 Å². The largest absolute Gasteiger partial charge is 0.437 e. The lowest BCUT2D eigenvalue weighted by molar-refractivity contribution is -0.164. The van der Waals surface area contributed by atoms with E-state index in [2.05, 4.69) is 4.99 Å². The molecule has 3 aromatic rings. The second-order valence-electron chi connectivity index (χ2n) is 11.8. The molecule has 0 saturated carbocycles. The highest BCUT2D eigenvalue weighted by molar-refractivity contribution is 8.03. The molecule has 5 rings (SSSR count). The predicted molar refractivity (Wildman–Crippen MR) is 194 cm³/mol. The third kappa shape index (κ3) is 10.6. The highest BCUT2D eigenvalue weighted by Gasteiger charge is 2.57. The van der Waals surface area contributed by atoms with Crippen LogP contribution < -0.4 is 0 Å². The molecule has 3 atom stereocenters. The first-order chi connectivity index (χ1) is 27.0. The fourth-order valence-electron chi connectivity index (χ4n) is 5.49. The first-order valence-electron chi connectivity index (χ1n) is 16.9. The average molecular weight is 790 g/mol. The number of β-lactam (4-membered cyclic amide) rings is 1. The Balaban J connectivity index is 1.22. The molecule has 1 N–H and O–H groups in total. The molecule has 3 unspecified atom stereocenters. The third-order valence-electron chi connectivity index (χ3n) is 8.18. The molecule has 0 aliphatic carbocycles. The van der Waals surface area contributed by atoms with E-state index in [-0.39, 0.29) is 41.1 Å². The molecule has 3 amide bonds. The van der Waals surface area contributed by atoms with Crippen LogP contribution in [0.4, 0.5) is 9.59 Å². The van der Waals surface area contributed by atoms with Crippen LogP contribution in [0.1, 0.15) is 44.4 Å². The van der Waals surface area contributed by atoms with Crippen molar-refractivity contribution in [3.8, 4) is 0 Å². The van der Waals surface area contributed by atoms with Crippen LogP contribution in [-0.2, 0) is 38.0 Å². The van der Waals surface area contributed by atoms with E-state index in [1.165, 1.54) is 48.2 Å². The van der Waals surface area contributed by atoms with Crippen molar-refractivity contribution in [2.45, 2.75) is 25.5 Å². The number of hydrogen-bond donors (Lipinski definition) is 1. The standard InChI is InChI=1S/C38H35N3O14S/c1-24(42)30-28-19-29(31(41(28)32(30)43)36(47)53-21-50-33(44)25-11-5-2-6-12-25)56-18-17-40(38(49)55-23-52-35(46)27-15-9-4-10-16-27)20-39-37(48)54-22-51-34(45)26-13-7-3-8-14-26/h2-16,20,24,28,30,42H,17-19,21-23H2,1H3/b39-20+. The van der Waals surface area contributed by atoms with Crippen molar-refractivity contribution in [1.29, 1.82) is 0 Å². The summed E-state index contributed by atoms with van der Waals surface area (Å²) < 4.78 is 30.1. The van der Waals surface area contributed by atoms with Crippen molar-refractivity contribution in [3.05, 3.63) is 118 Å². The van der Waals surface area contributed by atoms with Crippen LogP contribution in [0.25, 0.3) is 0 Å². The average Bonchev–Trinajstić information content (AvgIpc) is 3.53. The van der Waals surface area contributed by atoms with Crippen molar-refractivity contribution < 1.29 is 67.1 Å². The molecular formula is C38H35N3O14S. The summed E-state index contributed by atoms with van der Waals surface area (Å²) in [6.45, 7) is -1.06. The molecule has 2 aliphatic heterocycles. The zero-order chi connectivity index (χ0) is 40.0. The van der Waals surface area contributed by atoms with Crippen LogP contribution in [0.3, 0.4) is 0 Å². The third-order valence-corrected chi connectivity index (χ3v) is 9.28. The second kappa shape index (κ2) is 19.7. The molecule has 3 aromatic carbocycles. The molecule has 0 bridgehead atoms. The Labute approximate surface area is 323 Å². The summed E-state index contributed by atoms with van der Waals surface area (Å²) in [7, 11) is 0. The van der Waals surface area contributed by atoms with Gasteiger partial charge in [0.1, 0.15) is 12.0 Å². The summed E-state index contributed by atoms with van der Waals surface area (Å²) in [6, 6.07) is 23.4. The maximum atomic E-state index is 13.3. The number of aliphatic hydroxyl groups excluding tert-OH is 1. The number of nitrogens with zero attached hydrogens (tertiary/aromatic N) is 3. The summed E-state index contributed by atoms with van der Waals surface area (Å²) in [5.74, 6) is -4.45. The minimum atomic E-state index is -1.23. The molecule has 0 aromatic heterocycles. The molecule has 1 fully saturated rings. The molecule has 1 saturated heterocycles. The Morgan fingerprint density at radius 2 is 1.21 bits per heavy atom. The summed E-state index contributed by atoms with van der Waals surface area (Å²) in [5.41, 5.74) is 0.561. The molecule has 0 spiro atoms. The van der Waals surface area contributed by atoms with Gasteiger partial charge >= 0.3 is 36.1 Å². The zero-order valence-electron chi connectivity index (χ0n) is 29.7. The van der Waals surface area contributed by atoms with Crippen molar-refractivity contribution >= 4 is 60.1 Å². The molecular weight excluding hydrogens is 754 g/mol. The molecule has 2 aliphatic rings. The lowest BCUT2D eigenvalue weighted by Crippen LogP contribution is -2.61. The normalized spacial score (nSPS) is 16.2. The summed E-state index contributed by atoms with van der Waals surface area (Å²) in [5, 5.41) is 10.2. The molecule has 2 heterocycles. The number of rotatable bonds is 16. The van der Waals surface area contributed by atoms with Gasteiger partial charge in [-0.25, -0.2) is 28.8 Å². The Bertz CT molecular complexity index is 1970.